The first kappa shape index (κ1) is 37.2. The van der Waals surface area contributed by atoms with Gasteiger partial charge in [0, 0.05) is 13.0 Å². The van der Waals surface area contributed by atoms with E-state index >= 15 is 0 Å². The summed E-state index contributed by atoms with van der Waals surface area (Å²) in [4.78, 5) is 130. The van der Waals surface area contributed by atoms with Gasteiger partial charge in [0.1, 0.15) is 0 Å². The molecule has 1 aliphatic rings. The molecule has 0 atom stereocenters. The van der Waals surface area contributed by atoms with E-state index in [1.54, 1.807) is 0 Å². The van der Waals surface area contributed by atoms with Gasteiger partial charge in [-0.1, -0.05) is 0 Å². The molecule has 1 rings (SSSR count). The third-order valence-corrected chi connectivity index (χ3v) is 5.14. The van der Waals surface area contributed by atoms with Crippen LogP contribution in [0, 0.1) is 0 Å². The van der Waals surface area contributed by atoms with E-state index in [1.165, 1.54) is 0 Å². The van der Waals surface area contributed by atoms with Gasteiger partial charge in [0.25, 0.3) is 0 Å². The normalized spacial score (nSPS) is 19.6. The van der Waals surface area contributed by atoms with Gasteiger partial charge < -0.3 is 58.5 Å². The highest BCUT2D eigenvalue weighted by Crippen LogP contribution is 1.79. The Kier molecular flexibility index (Phi) is 17.3. The van der Waals surface area contributed by atoms with Crippen molar-refractivity contribution in [3.8, 4) is 0 Å². The van der Waals surface area contributed by atoms with E-state index in [-0.39, 0.29) is 13.0 Å². The van der Waals surface area contributed by atoms with E-state index in [9.17, 15) is 52.7 Å². The summed E-state index contributed by atoms with van der Waals surface area (Å²) in [6.07, 6.45) is -0.209. The second-order valence-corrected chi connectivity index (χ2v) is 8.87. The highest BCUT2D eigenvalue weighted by Gasteiger charge is 2.14. The summed E-state index contributed by atoms with van der Waals surface area (Å²) in [6, 6.07) is 0. The molecule has 0 aliphatic carbocycles. The molecule has 22 heteroatoms. The molecule has 0 aromatic heterocycles. The summed E-state index contributed by atoms with van der Waals surface area (Å²) in [5.41, 5.74) is 0. The maximum atomic E-state index is 11.8. The maximum Gasteiger partial charge on any atom is 0.239 e. The van der Waals surface area contributed by atoms with Crippen LogP contribution in [0.4, 0.5) is 0 Å². The van der Waals surface area contributed by atoms with Crippen molar-refractivity contribution in [2.45, 2.75) is 6.42 Å². The molecule has 0 saturated carbocycles. The second-order valence-electron chi connectivity index (χ2n) is 8.87. The monoisotopic (exact) mass is 641 g/mol. The molecule has 1 fully saturated rings. The molecule has 0 aromatic carbocycles. The zero-order valence-corrected chi connectivity index (χ0v) is 24.0. The Hall–Kier alpha value is -5.83. The Bertz CT molecular complexity index is 1090. The van der Waals surface area contributed by atoms with E-state index < -0.39 is 130 Å². The lowest BCUT2D eigenvalue weighted by Gasteiger charge is -2.10. The van der Waals surface area contributed by atoms with Crippen LogP contribution in [0.2, 0.25) is 0 Å². The smallest absolute Gasteiger partial charge is 0.239 e. The lowest BCUT2D eigenvalue weighted by molar-refractivity contribution is -0.130. The quantitative estimate of drug-likeness (QED) is 0.118. The van der Waals surface area contributed by atoms with Gasteiger partial charge in [-0.15, -0.1) is 0 Å². The summed E-state index contributed by atoms with van der Waals surface area (Å²) in [5.74, 6) is -7.98. The largest absolute Gasteiger partial charge is 0.354 e. The predicted octanol–water partition coefficient (Wildman–Crippen LogP) is -9.33. The van der Waals surface area contributed by atoms with Crippen LogP contribution in [0.15, 0.2) is 0 Å². The van der Waals surface area contributed by atoms with Crippen LogP contribution in [-0.2, 0) is 52.7 Å². The molecule has 1 saturated heterocycles. The number of amides is 11. The minimum Gasteiger partial charge on any atom is -0.354 e. The molecule has 0 aromatic rings. The minimum atomic E-state index is -0.762. The zero-order chi connectivity index (χ0) is 33.6. The molecular formula is C23H35N11O11. The third-order valence-electron chi connectivity index (χ3n) is 5.14. The molecule has 1 heterocycles. The van der Waals surface area contributed by atoms with Crippen LogP contribution < -0.4 is 58.5 Å². The molecule has 248 valence electrons. The molecule has 1 aliphatic heterocycles. The number of carbonyl (C=O) groups excluding carboxylic acids is 11. The maximum absolute atomic E-state index is 11.8. The van der Waals surface area contributed by atoms with Crippen molar-refractivity contribution in [2.75, 3.05) is 72.0 Å². The topological polar surface area (TPSA) is 320 Å². The van der Waals surface area contributed by atoms with Crippen LogP contribution >= 0.6 is 0 Å². The van der Waals surface area contributed by atoms with E-state index in [2.05, 4.69) is 58.5 Å². The Morgan fingerprint density at radius 1 is 0.222 bits per heavy atom. The fourth-order valence-electron chi connectivity index (χ4n) is 2.82. The Labute approximate surface area is 255 Å². The number of hydrogen-bond donors (Lipinski definition) is 11. The summed E-state index contributed by atoms with van der Waals surface area (Å²) in [7, 11) is 0. The number of carbonyl (C=O) groups is 11. The standard InChI is InChI=1S/C23H35N11O11/c35-13-1-2-24-14(36)3-26-16(38)5-28-18(40)7-30-20(42)9-32-22(44)11-34-23(45)12-33-21(43)10-31-19(41)8-29-17(39)6-27-15(37)4-25-13/h1-12H2,(H,24,36)(H,25,35)(H,26,38)(H,27,37)(H,28,40)(H,29,39)(H,30,42)(H,31,41)(H,32,44)(H,33,43)(H,34,45). The van der Waals surface area contributed by atoms with Crippen molar-refractivity contribution in [1.29, 1.82) is 0 Å². The highest BCUT2D eigenvalue weighted by atomic mass is 16.2. The molecular weight excluding hydrogens is 606 g/mol. The molecule has 0 unspecified atom stereocenters. The van der Waals surface area contributed by atoms with Crippen molar-refractivity contribution >= 4 is 65.0 Å². The average molecular weight is 642 g/mol. The lowest BCUT2D eigenvalue weighted by Crippen LogP contribution is -2.48. The van der Waals surface area contributed by atoms with Gasteiger partial charge in [-0.25, -0.2) is 0 Å². The van der Waals surface area contributed by atoms with Gasteiger partial charge in [-0.2, -0.15) is 0 Å². The van der Waals surface area contributed by atoms with Gasteiger partial charge in [-0.05, 0) is 0 Å². The van der Waals surface area contributed by atoms with Gasteiger partial charge in [0.05, 0.1) is 65.4 Å². The fraction of sp³-hybridized carbons (Fsp3) is 0.522. The summed E-state index contributed by atoms with van der Waals surface area (Å²) < 4.78 is 0. The SMILES string of the molecule is O=C1CCNC(=O)CNC(=O)CNC(=O)CNC(=O)CNC(=O)CNC(=O)CNC(=O)CNC(=O)CNC(=O)CNC(=O)CN1. The van der Waals surface area contributed by atoms with E-state index in [4.69, 9.17) is 0 Å². The molecule has 22 nitrogen and oxygen atoms in total. The molecule has 0 bridgehead atoms. The van der Waals surface area contributed by atoms with Gasteiger partial charge >= 0.3 is 0 Å². The van der Waals surface area contributed by atoms with Crippen molar-refractivity contribution in [3.63, 3.8) is 0 Å². The molecule has 11 amide bonds. The van der Waals surface area contributed by atoms with Crippen LogP contribution in [0.1, 0.15) is 6.42 Å². The van der Waals surface area contributed by atoms with Crippen molar-refractivity contribution in [1.82, 2.24) is 58.5 Å². The van der Waals surface area contributed by atoms with Crippen LogP contribution in [-0.4, -0.2) is 137 Å². The van der Waals surface area contributed by atoms with Crippen LogP contribution in [0.5, 0.6) is 0 Å². The van der Waals surface area contributed by atoms with Gasteiger partial charge in [0.2, 0.25) is 65.0 Å². The number of rotatable bonds is 0. The van der Waals surface area contributed by atoms with Crippen LogP contribution in [0.25, 0.3) is 0 Å². The summed E-state index contributed by atoms with van der Waals surface area (Å²) in [5, 5.41) is 24.4. The van der Waals surface area contributed by atoms with Gasteiger partial charge in [0.15, 0.2) is 0 Å². The highest BCUT2D eigenvalue weighted by molar-refractivity contribution is 5.94. The molecule has 45 heavy (non-hydrogen) atoms. The average Bonchev–Trinajstić information content (AvgIpc) is 3.01. The first-order chi connectivity index (χ1) is 21.3. The summed E-state index contributed by atoms with van der Waals surface area (Å²) >= 11 is 0. The van der Waals surface area contributed by atoms with Crippen molar-refractivity contribution in [3.05, 3.63) is 0 Å². The number of nitrogens with one attached hydrogen (secondary N) is 11. The first-order valence-corrected chi connectivity index (χ1v) is 13.3. The predicted molar refractivity (Wildman–Crippen MR) is 148 cm³/mol. The molecule has 0 radical (unpaired) electrons. The van der Waals surface area contributed by atoms with Crippen molar-refractivity contribution < 1.29 is 52.7 Å². The second kappa shape index (κ2) is 21.0. The minimum absolute atomic E-state index is 0.125. The molecule has 0 spiro atoms. The van der Waals surface area contributed by atoms with E-state index in [0.29, 0.717) is 0 Å². The Morgan fingerprint density at radius 2 is 0.378 bits per heavy atom. The molecule has 11 N–H and O–H groups in total. The zero-order valence-electron chi connectivity index (χ0n) is 24.0. The van der Waals surface area contributed by atoms with Crippen LogP contribution in [0.3, 0.4) is 0 Å². The Balaban J connectivity index is 2.59. The fourth-order valence-corrected chi connectivity index (χ4v) is 2.82. The van der Waals surface area contributed by atoms with Crippen molar-refractivity contribution in [2.24, 2.45) is 0 Å². The first-order valence-electron chi connectivity index (χ1n) is 13.3. The van der Waals surface area contributed by atoms with Gasteiger partial charge in [-0.3, -0.25) is 52.7 Å². The lowest BCUT2D eigenvalue weighted by atomic mass is 10.3. The summed E-state index contributed by atoms with van der Waals surface area (Å²) in [6.45, 7) is -5.32. The Morgan fingerprint density at radius 3 is 0.578 bits per heavy atom. The van der Waals surface area contributed by atoms with E-state index in [1.807, 2.05) is 0 Å². The number of hydrogen-bond acceptors (Lipinski definition) is 11. The third kappa shape index (κ3) is 19.8. The van der Waals surface area contributed by atoms with E-state index in [0.717, 1.165) is 0 Å².